The van der Waals surface area contributed by atoms with Gasteiger partial charge in [-0.3, -0.25) is 9.89 Å². The highest BCUT2D eigenvalue weighted by Crippen LogP contribution is 2.36. The SMILES string of the molecule is CCc1nc(-c2cc(C(=O)N3CCC(c4ccccc4C#N)CC3)c(C)cc2N2CCC2)n[nH]1. The highest BCUT2D eigenvalue weighted by atomic mass is 16.2. The van der Waals surface area contributed by atoms with Gasteiger partial charge in [0.15, 0.2) is 5.82 Å². The van der Waals surface area contributed by atoms with Gasteiger partial charge in [-0.05, 0) is 61.4 Å². The number of hydrogen-bond acceptors (Lipinski definition) is 5. The van der Waals surface area contributed by atoms with Crippen molar-refractivity contribution in [2.45, 2.75) is 45.4 Å². The van der Waals surface area contributed by atoms with Gasteiger partial charge in [0.2, 0.25) is 0 Å². The third-order valence-corrected chi connectivity index (χ3v) is 7.18. The predicted molar refractivity (Wildman–Crippen MR) is 132 cm³/mol. The zero-order valence-electron chi connectivity index (χ0n) is 19.8. The molecule has 0 atom stereocenters. The van der Waals surface area contributed by atoms with E-state index < -0.39 is 0 Å². The normalized spacial score (nSPS) is 16.3. The number of aromatic nitrogens is 3. The lowest BCUT2D eigenvalue weighted by atomic mass is 9.86. The second-order valence-corrected chi connectivity index (χ2v) is 9.25. The maximum atomic E-state index is 13.6. The molecule has 5 rings (SSSR count). The number of H-pyrrole nitrogens is 1. The van der Waals surface area contributed by atoms with Crippen molar-refractivity contribution in [2.24, 2.45) is 0 Å². The van der Waals surface area contributed by atoms with E-state index in [1.54, 1.807) is 0 Å². The van der Waals surface area contributed by atoms with Gasteiger partial charge in [-0.25, -0.2) is 4.98 Å². The van der Waals surface area contributed by atoms with Crippen LogP contribution in [0.4, 0.5) is 5.69 Å². The maximum absolute atomic E-state index is 13.6. The number of hydrogen-bond donors (Lipinski definition) is 1. The van der Waals surface area contributed by atoms with Gasteiger partial charge >= 0.3 is 0 Å². The minimum absolute atomic E-state index is 0.0622. The molecule has 34 heavy (non-hydrogen) atoms. The van der Waals surface area contributed by atoms with E-state index in [4.69, 9.17) is 0 Å². The summed E-state index contributed by atoms with van der Waals surface area (Å²) in [4.78, 5) is 22.6. The number of anilines is 1. The van der Waals surface area contributed by atoms with Crippen LogP contribution >= 0.6 is 0 Å². The smallest absolute Gasteiger partial charge is 0.254 e. The van der Waals surface area contributed by atoms with Crippen LogP contribution in [0.2, 0.25) is 0 Å². The molecular weight excluding hydrogens is 424 g/mol. The lowest BCUT2D eigenvalue weighted by Crippen LogP contribution is -2.39. The van der Waals surface area contributed by atoms with Crippen LogP contribution in [0.5, 0.6) is 0 Å². The predicted octanol–water partition coefficient (Wildman–Crippen LogP) is 4.44. The zero-order valence-corrected chi connectivity index (χ0v) is 19.8. The molecular formula is C27H30N6O. The Balaban J connectivity index is 1.40. The summed E-state index contributed by atoms with van der Waals surface area (Å²) in [6.07, 6.45) is 3.69. The number of amides is 1. The number of aromatic amines is 1. The van der Waals surface area contributed by atoms with Crippen molar-refractivity contribution >= 4 is 11.6 Å². The second-order valence-electron chi connectivity index (χ2n) is 9.25. The molecule has 1 amide bonds. The van der Waals surface area contributed by atoms with Gasteiger partial charge in [0.05, 0.1) is 11.6 Å². The van der Waals surface area contributed by atoms with Crippen LogP contribution in [-0.4, -0.2) is 52.2 Å². The topological polar surface area (TPSA) is 88.9 Å². The number of nitrogens with zero attached hydrogens (tertiary/aromatic N) is 5. The standard InChI is InChI=1S/C27H30N6O/c1-3-25-29-26(31-30-25)23-16-22(18(2)15-24(23)32-11-6-12-32)27(34)33-13-9-19(10-14-33)21-8-5-4-7-20(21)17-28/h4-5,7-8,15-16,19H,3,6,9-14H2,1-2H3,(H,29,30,31). The molecule has 174 valence electrons. The summed E-state index contributed by atoms with van der Waals surface area (Å²) in [7, 11) is 0. The first-order valence-corrected chi connectivity index (χ1v) is 12.2. The molecule has 0 unspecified atom stereocenters. The molecule has 1 aromatic heterocycles. The number of carbonyl (C=O) groups is 1. The number of likely N-dealkylation sites (tertiary alicyclic amines) is 1. The minimum Gasteiger partial charge on any atom is -0.371 e. The monoisotopic (exact) mass is 454 g/mol. The van der Waals surface area contributed by atoms with Gasteiger partial charge in [-0.2, -0.15) is 10.4 Å². The Morgan fingerprint density at radius 2 is 1.94 bits per heavy atom. The highest BCUT2D eigenvalue weighted by molar-refractivity contribution is 5.98. The van der Waals surface area contributed by atoms with Gasteiger partial charge < -0.3 is 9.80 Å². The maximum Gasteiger partial charge on any atom is 0.254 e. The third-order valence-electron chi connectivity index (χ3n) is 7.18. The van der Waals surface area contributed by atoms with E-state index in [1.165, 1.54) is 6.42 Å². The molecule has 1 N–H and O–H groups in total. The number of piperidine rings is 1. The van der Waals surface area contributed by atoms with E-state index in [9.17, 15) is 10.1 Å². The average molecular weight is 455 g/mol. The summed E-state index contributed by atoms with van der Waals surface area (Å²) < 4.78 is 0. The van der Waals surface area contributed by atoms with Crippen LogP contribution in [0.25, 0.3) is 11.4 Å². The molecule has 3 aromatic rings. The molecule has 0 radical (unpaired) electrons. The Labute approximate surface area is 200 Å². The quantitative estimate of drug-likeness (QED) is 0.615. The van der Waals surface area contributed by atoms with Gasteiger partial charge in [0, 0.05) is 49.4 Å². The molecule has 0 saturated carbocycles. The Morgan fingerprint density at radius 1 is 1.18 bits per heavy atom. The van der Waals surface area contributed by atoms with Crippen LogP contribution < -0.4 is 4.90 Å². The van der Waals surface area contributed by atoms with Gasteiger partial charge in [-0.15, -0.1) is 0 Å². The van der Waals surface area contributed by atoms with E-state index >= 15 is 0 Å². The summed E-state index contributed by atoms with van der Waals surface area (Å²) >= 11 is 0. The summed E-state index contributed by atoms with van der Waals surface area (Å²) in [5.41, 5.74) is 5.58. The molecule has 0 bridgehead atoms. The van der Waals surface area contributed by atoms with E-state index in [2.05, 4.69) is 32.2 Å². The Morgan fingerprint density at radius 3 is 2.59 bits per heavy atom. The van der Waals surface area contributed by atoms with Crippen LogP contribution in [0, 0.1) is 18.3 Å². The molecule has 2 fully saturated rings. The summed E-state index contributed by atoms with van der Waals surface area (Å²) in [6.45, 7) is 7.47. The first-order chi connectivity index (χ1) is 16.6. The first-order valence-electron chi connectivity index (χ1n) is 12.2. The number of benzene rings is 2. The van der Waals surface area contributed by atoms with Crippen molar-refractivity contribution in [3.05, 3.63) is 64.5 Å². The van der Waals surface area contributed by atoms with Crippen LogP contribution in [0.3, 0.4) is 0 Å². The first kappa shape index (κ1) is 22.1. The largest absolute Gasteiger partial charge is 0.371 e. The van der Waals surface area contributed by atoms with Gasteiger partial charge in [0.25, 0.3) is 5.91 Å². The van der Waals surface area contributed by atoms with Gasteiger partial charge in [-0.1, -0.05) is 25.1 Å². The summed E-state index contributed by atoms with van der Waals surface area (Å²) in [6, 6.07) is 14.3. The summed E-state index contributed by atoms with van der Waals surface area (Å²) in [5, 5.41) is 16.9. The van der Waals surface area contributed by atoms with E-state index in [0.29, 0.717) is 24.8 Å². The number of nitriles is 1. The average Bonchev–Trinajstić information content (AvgIpc) is 3.32. The minimum atomic E-state index is 0.0622. The molecule has 2 saturated heterocycles. The fourth-order valence-electron chi connectivity index (χ4n) is 5.01. The lowest BCUT2D eigenvalue weighted by Gasteiger charge is -2.36. The Bertz CT molecular complexity index is 1240. The van der Waals surface area contributed by atoms with Crippen molar-refractivity contribution in [3.63, 3.8) is 0 Å². The van der Waals surface area contributed by atoms with Gasteiger partial charge in [0.1, 0.15) is 5.82 Å². The molecule has 2 aromatic carbocycles. The van der Waals surface area contributed by atoms with E-state index in [1.807, 2.05) is 49.1 Å². The fourth-order valence-corrected chi connectivity index (χ4v) is 5.01. The molecule has 0 spiro atoms. The Hall–Kier alpha value is -3.66. The van der Waals surface area contributed by atoms with Crippen molar-refractivity contribution in [1.82, 2.24) is 20.1 Å². The van der Waals surface area contributed by atoms with Crippen molar-refractivity contribution in [2.75, 3.05) is 31.1 Å². The summed E-state index contributed by atoms with van der Waals surface area (Å²) in [5.74, 6) is 1.87. The Kier molecular flexibility index (Phi) is 6.06. The molecule has 7 nitrogen and oxygen atoms in total. The fraction of sp³-hybridized carbons (Fsp3) is 0.407. The van der Waals surface area contributed by atoms with Crippen molar-refractivity contribution < 1.29 is 4.79 Å². The number of carbonyl (C=O) groups excluding carboxylic acids is 1. The van der Waals surface area contributed by atoms with Crippen molar-refractivity contribution in [1.29, 1.82) is 5.26 Å². The van der Waals surface area contributed by atoms with Crippen molar-refractivity contribution in [3.8, 4) is 17.5 Å². The number of rotatable bonds is 5. The molecule has 2 aliphatic rings. The molecule has 0 aliphatic carbocycles. The van der Waals surface area contributed by atoms with Crippen LogP contribution in [0.15, 0.2) is 36.4 Å². The van der Waals surface area contributed by atoms with E-state index in [0.717, 1.165) is 71.7 Å². The highest BCUT2D eigenvalue weighted by Gasteiger charge is 2.29. The lowest BCUT2D eigenvalue weighted by molar-refractivity contribution is 0.0712. The number of aryl methyl sites for hydroxylation is 2. The zero-order chi connectivity index (χ0) is 23.7. The third kappa shape index (κ3) is 4.05. The molecule has 7 heteroatoms. The van der Waals surface area contributed by atoms with Crippen LogP contribution in [0.1, 0.15) is 65.0 Å². The second kappa shape index (κ2) is 9.30. The molecule has 2 aliphatic heterocycles. The molecule has 3 heterocycles. The van der Waals surface area contributed by atoms with E-state index in [-0.39, 0.29) is 5.91 Å². The number of nitrogens with one attached hydrogen (secondary N) is 1. The van der Waals surface area contributed by atoms with Crippen LogP contribution in [-0.2, 0) is 6.42 Å².